The molecule has 0 aliphatic heterocycles. The van der Waals surface area contributed by atoms with Gasteiger partial charge in [0, 0.05) is 40.4 Å². The van der Waals surface area contributed by atoms with Gasteiger partial charge in [0.2, 0.25) is 5.91 Å². The van der Waals surface area contributed by atoms with Crippen molar-refractivity contribution in [2.45, 2.75) is 19.4 Å². The average Bonchev–Trinajstić information content (AvgIpc) is 2.96. The van der Waals surface area contributed by atoms with Crippen molar-refractivity contribution in [1.29, 1.82) is 5.26 Å². The van der Waals surface area contributed by atoms with Gasteiger partial charge in [0.15, 0.2) is 5.78 Å². The highest BCUT2D eigenvalue weighted by Gasteiger charge is 2.25. The van der Waals surface area contributed by atoms with Crippen molar-refractivity contribution >= 4 is 29.0 Å². The number of pyridine rings is 1. The molecule has 0 spiro atoms. The molecule has 1 atom stereocenters. The van der Waals surface area contributed by atoms with Crippen LogP contribution in [0.5, 0.6) is 11.5 Å². The fourth-order valence-corrected chi connectivity index (χ4v) is 4.61. The lowest BCUT2D eigenvalue weighted by Crippen LogP contribution is -2.34. The highest BCUT2D eigenvalue weighted by atomic mass is 35.5. The number of anilines is 1. The Labute approximate surface area is 236 Å². The predicted molar refractivity (Wildman–Crippen MR) is 153 cm³/mol. The second-order valence-electron chi connectivity index (χ2n) is 8.97. The molecular weight excluding hydrogens is 530 g/mol. The molecule has 0 bridgehead atoms. The van der Waals surface area contributed by atoms with E-state index in [4.69, 9.17) is 21.1 Å². The van der Waals surface area contributed by atoms with Crippen molar-refractivity contribution in [2.24, 2.45) is 0 Å². The lowest BCUT2D eigenvalue weighted by molar-refractivity contribution is -0.119. The van der Waals surface area contributed by atoms with Crippen LogP contribution in [0.3, 0.4) is 0 Å². The quantitative estimate of drug-likeness (QED) is 0.266. The summed E-state index contributed by atoms with van der Waals surface area (Å²) in [5, 5.41) is 12.5. The van der Waals surface area contributed by atoms with Gasteiger partial charge < -0.3 is 14.8 Å². The van der Waals surface area contributed by atoms with Crippen LogP contribution >= 0.6 is 11.6 Å². The first kappa shape index (κ1) is 28.1. The number of amides is 1. The van der Waals surface area contributed by atoms with E-state index >= 15 is 0 Å². The molecule has 0 fully saturated rings. The number of ether oxygens (including phenoxy) is 2. The lowest BCUT2D eigenvalue weighted by atomic mass is 9.97. The summed E-state index contributed by atoms with van der Waals surface area (Å²) in [7, 11) is 2.88. The van der Waals surface area contributed by atoms with Crippen molar-refractivity contribution in [1.82, 2.24) is 4.57 Å². The van der Waals surface area contributed by atoms with Crippen LogP contribution in [-0.2, 0) is 11.2 Å². The van der Waals surface area contributed by atoms with Gasteiger partial charge in [0.05, 0.1) is 26.0 Å². The standard InChI is InChI=1S/C31H26ClN3O5/c1-19(36)24-12-10-22(32)14-25(24)26-16-30(37)35(18-29(26)40-3)27(13-20-7-5-4-6-8-20)31(38)34-23-11-9-21(17-33)28(15-23)39-2/h4-12,14-16,18,27H,13H2,1-3H3,(H,34,38). The largest absolute Gasteiger partial charge is 0.495 e. The number of carbonyl (C=O) groups is 2. The first-order valence-electron chi connectivity index (χ1n) is 12.3. The molecule has 0 aliphatic rings. The van der Waals surface area contributed by atoms with Gasteiger partial charge in [-0.3, -0.25) is 19.0 Å². The van der Waals surface area contributed by atoms with Crippen LogP contribution in [0, 0.1) is 11.3 Å². The average molecular weight is 556 g/mol. The highest BCUT2D eigenvalue weighted by molar-refractivity contribution is 6.31. The summed E-state index contributed by atoms with van der Waals surface area (Å²) in [5.41, 5.74) is 2.31. The topological polar surface area (TPSA) is 110 Å². The van der Waals surface area contributed by atoms with E-state index in [-0.39, 0.29) is 18.0 Å². The van der Waals surface area contributed by atoms with E-state index in [0.717, 1.165) is 5.56 Å². The number of Topliss-reactive ketones (excluding diaryl/α,β-unsaturated/α-hetero) is 1. The maximum atomic E-state index is 13.7. The first-order valence-corrected chi connectivity index (χ1v) is 12.7. The van der Waals surface area contributed by atoms with Crippen LogP contribution < -0.4 is 20.3 Å². The summed E-state index contributed by atoms with van der Waals surface area (Å²) >= 11 is 6.22. The molecule has 0 radical (unpaired) electrons. The molecular formula is C31H26ClN3O5. The molecule has 202 valence electrons. The molecule has 40 heavy (non-hydrogen) atoms. The molecule has 0 aliphatic carbocycles. The van der Waals surface area contributed by atoms with E-state index in [1.807, 2.05) is 36.4 Å². The fraction of sp³-hybridized carbons (Fsp3) is 0.161. The van der Waals surface area contributed by atoms with Crippen LogP contribution in [0.4, 0.5) is 5.69 Å². The lowest BCUT2D eigenvalue weighted by Gasteiger charge is -2.22. The summed E-state index contributed by atoms with van der Waals surface area (Å²) in [6.45, 7) is 1.43. The first-order chi connectivity index (χ1) is 19.2. The zero-order valence-electron chi connectivity index (χ0n) is 22.1. The Balaban J connectivity index is 1.81. The van der Waals surface area contributed by atoms with Crippen LogP contribution in [0.1, 0.15) is 34.5 Å². The summed E-state index contributed by atoms with van der Waals surface area (Å²) in [6, 6.07) is 21.2. The van der Waals surface area contributed by atoms with Gasteiger partial charge in [0.1, 0.15) is 23.6 Å². The zero-order chi connectivity index (χ0) is 28.8. The summed E-state index contributed by atoms with van der Waals surface area (Å²) < 4.78 is 12.2. The third-order valence-electron chi connectivity index (χ3n) is 6.41. The number of ketones is 1. The van der Waals surface area contributed by atoms with E-state index in [9.17, 15) is 19.6 Å². The number of hydrogen-bond donors (Lipinski definition) is 1. The van der Waals surface area contributed by atoms with Crippen molar-refractivity contribution in [3.63, 3.8) is 0 Å². The number of benzene rings is 3. The number of nitriles is 1. The van der Waals surface area contributed by atoms with Crippen LogP contribution in [0.25, 0.3) is 11.1 Å². The van der Waals surface area contributed by atoms with Gasteiger partial charge >= 0.3 is 0 Å². The Morgan fingerprint density at radius 1 is 0.975 bits per heavy atom. The molecule has 1 unspecified atom stereocenters. The van der Waals surface area contributed by atoms with Gasteiger partial charge in [-0.1, -0.05) is 41.9 Å². The van der Waals surface area contributed by atoms with E-state index in [2.05, 4.69) is 5.32 Å². The number of halogens is 1. The second kappa shape index (κ2) is 12.3. The van der Waals surface area contributed by atoms with Crippen molar-refractivity contribution in [2.75, 3.05) is 19.5 Å². The molecule has 0 saturated carbocycles. The predicted octanol–water partition coefficient (Wildman–Crippen LogP) is 5.68. The van der Waals surface area contributed by atoms with Gasteiger partial charge in [-0.15, -0.1) is 0 Å². The van der Waals surface area contributed by atoms with E-state index in [0.29, 0.717) is 38.7 Å². The normalized spacial score (nSPS) is 11.3. The second-order valence-corrected chi connectivity index (χ2v) is 9.41. The Morgan fingerprint density at radius 2 is 1.70 bits per heavy atom. The Morgan fingerprint density at radius 3 is 2.35 bits per heavy atom. The minimum atomic E-state index is -0.967. The molecule has 1 aromatic heterocycles. The number of nitrogens with one attached hydrogen (secondary N) is 1. The number of aromatic nitrogens is 1. The van der Waals surface area contributed by atoms with Crippen LogP contribution in [0.2, 0.25) is 5.02 Å². The van der Waals surface area contributed by atoms with Crippen molar-refractivity contribution < 1.29 is 19.1 Å². The van der Waals surface area contributed by atoms with Gasteiger partial charge in [0.25, 0.3) is 5.56 Å². The zero-order valence-corrected chi connectivity index (χ0v) is 22.9. The molecule has 4 rings (SSSR count). The molecule has 9 heteroatoms. The summed E-state index contributed by atoms with van der Waals surface area (Å²) in [6.07, 6.45) is 1.67. The van der Waals surface area contributed by atoms with E-state index < -0.39 is 17.5 Å². The van der Waals surface area contributed by atoms with Crippen LogP contribution in [-0.4, -0.2) is 30.5 Å². The van der Waals surface area contributed by atoms with Gasteiger partial charge in [-0.25, -0.2) is 0 Å². The Kier molecular flexibility index (Phi) is 8.67. The number of nitrogens with zero attached hydrogens (tertiary/aromatic N) is 2. The van der Waals surface area contributed by atoms with Crippen molar-refractivity contribution in [3.05, 3.63) is 111 Å². The number of carbonyl (C=O) groups excluding carboxylic acids is 2. The third kappa shape index (κ3) is 6.06. The molecule has 4 aromatic rings. The summed E-state index contributed by atoms with van der Waals surface area (Å²) in [4.78, 5) is 39.6. The Hall–Kier alpha value is -4.87. The van der Waals surface area contributed by atoms with Gasteiger partial charge in [-0.2, -0.15) is 5.26 Å². The molecule has 0 saturated heterocycles. The monoisotopic (exact) mass is 555 g/mol. The molecule has 3 aromatic carbocycles. The number of rotatable bonds is 9. The maximum Gasteiger partial charge on any atom is 0.252 e. The molecule has 1 heterocycles. The maximum absolute atomic E-state index is 13.7. The molecule has 1 N–H and O–H groups in total. The Bertz CT molecular complexity index is 1680. The summed E-state index contributed by atoms with van der Waals surface area (Å²) in [5.74, 6) is -0.0575. The van der Waals surface area contributed by atoms with Gasteiger partial charge in [-0.05, 0) is 48.4 Å². The smallest absolute Gasteiger partial charge is 0.252 e. The van der Waals surface area contributed by atoms with Crippen LogP contribution in [0.15, 0.2) is 83.8 Å². The van der Waals surface area contributed by atoms with E-state index in [1.165, 1.54) is 38.0 Å². The molecule has 1 amide bonds. The number of hydrogen-bond acceptors (Lipinski definition) is 6. The van der Waals surface area contributed by atoms with Crippen molar-refractivity contribution in [3.8, 4) is 28.7 Å². The minimum Gasteiger partial charge on any atom is -0.495 e. The van der Waals surface area contributed by atoms with E-state index in [1.54, 1.807) is 36.4 Å². The minimum absolute atomic E-state index is 0.197. The third-order valence-corrected chi connectivity index (χ3v) is 6.65. The molecule has 8 nitrogen and oxygen atoms in total. The SMILES string of the molecule is COc1cc(NC(=O)C(Cc2ccccc2)n2cc(OC)c(-c3cc(Cl)ccc3C(C)=O)cc2=O)ccc1C#N. The number of methoxy groups -OCH3 is 2. The highest BCUT2D eigenvalue weighted by Crippen LogP contribution is 2.34. The fourth-order valence-electron chi connectivity index (χ4n) is 4.43.